The first-order valence-corrected chi connectivity index (χ1v) is 3.79. The lowest BCUT2D eigenvalue weighted by Crippen LogP contribution is -2.23. The Hall–Kier alpha value is -0.810. The third kappa shape index (κ3) is 5.94. The Morgan fingerprint density at radius 1 is 1.58 bits per heavy atom. The lowest BCUT2D eigenvalue weighted by Gasteiger charge is -2.11. The number of hydrogen-bond acceptors (Lipinski definition) is 4. The highest BCUT2D eigenvalue weighted by Crippen LogP contribution is 2.01. The first-order valence-electron chi connectivity index (χ1n) is 3.79. The van der Waals surface area contributed by atoms with Crippen LogP contribution in [0, 0.1) is 0 Å². The van der Waals surface area contributed by atoms with E-state index in [9.17, 15) is 4.79 Å². The fourth-order valence-electron chi connectivity index (χ4n) is 0.687. The van der Waals surface area contributed by atoms with Gasteiger partial charge in [0.2, 0.25) is 0 Å². The van der Waals surface area contributed by atoms with Gasteiger partial charge in [0.15, 0.2) is 0 Å². The number of rotatable bonds is 4. The highest BCUT2D eigenvalue weighted by Gasteiger charge is 2.09. The maximum atomic E-state index is 10.5. The van der Waals surface area contributed by atoms with E-state index in [-0.39, 0.29) is 6.10 Å². The van der Waals surface area contributed by atoms with E-state index in [1.807, 2.05) is 0 Å². The SMILES string of the molecule is CNC(=O)OOC(C)CC(C)O. The van der Waals surface area contributed by atoms with Crippen LogP contribution in [0.1, 0.15) is 20.3 Å². The van der Waals surface area contributed by atoms with Crippen LogP contribution in [0.15, 0.2) is 0 Å². The summed E-state index contributed by atoms with van der Waals surface area (Å²) in [7, 11) is 1.44. The van der Waals surface area contributed by atoms with Gasteiger partial charge in [-0.2, -0.15) is 4.89 Å². The fraction of sp³-hybridized carbons (Fsp3) is 0.857. The van der Waals surface area contributed by atoms with Crippen molar-refractivity contribution in [1.29, 1.82) is 0 Å². The number of hydrogen-bond donors (Lipinski definition) is 2. The van der Waals surface area contributed by atoms with E-state index >= 15 is 0 Å². The van der Waals surface area contributed by atoms with Crippen LogP contribution in [0.4, 0.5) is 4.79 Å². The smallest absolute Gasteiger partial charge is 0.393 e. The summed E-state index contributed by atoms with van der Waals surface area (Å²) in [6.07, 6.45) is -0.986. The molecule has 0 bridgehead atoms. The number of carbonyl (C=O) groups excluding carboxylic acids is 1. The third-order valence-electron chi connectivity index (χ3n) is 1.17. The van der Waals surface area contributed by atoms with Gasteiger partial charge in [-0.1, -0.05) is 0 Å². The molecule has 0 saturated carbocycles. The topological polar surface area (TPSA) is 67.8 Å². The summed E-state index contributed by atoms with van der Waals surface area (Å²) in [6.45, 7) is 3.34. The minimum absolute atomic E-state index is 0.303. The average Bonchev–Trinajstić information content (AvgIpc) is 1.99. The molecule has 0 aliphatic heterocycles. The van der Waals surface area contributed by atoms with Crippen molar-refractivity contribution in [1.82, 2.24) is 5.32 Å². The Labute approximate surface area is 71.6 Å². The van der Waals surface area contributed by atoms with Crippen molar-refractivity contribution in [2.45, 2.75) is 32.5 Å². The molecule has 0 fully saturated rings. The zero-order valence-electron chi connectivity index (χ0n) is 7.53. The summed E-state index contributed by atoms with van der Waals surface area (Å²) in [5.74, 6) is 0. The predicted octanol–water partition coefficient (Wildman–Crippen LogP) is 0.433. The molecular formula is C7H15NO4. The molecule has 72 valence electrons. The Kier molecular flexibility index (Phi) is 5.40. The van der Waals surface area contributed by atoms with E-state index in [1.165, 1.54) is 7.05 Å². The van der Waals surface area contributed by atoms with E-state index in [0.29, 0.717) is 6.42 Å². The third-order valence-corrected chi connectivity index (χ3v) is 1.17. The molecule has 2 unspecified atom stereocenters. The van der Waals surface area contributed by atoms with Crippen LogP contribution in [0.3, 0.4) is 0 Å². The number of aliphatic hydroxyl groups excluding tert-OH is 1. The van der Waals surface area contributed by atoms with E-state index in [2.05, 4.69) is 15.1 Å². The van der Waals surface area contributed by atoms with E-state index in [0.717, 1.165) is 0 Å². The summed E-state index contributed by atoms with van der Waals surface area (Å²) < 4.78 is 0. The maximum Gasteiger partial charge on any atom is 0.438 e. The molecule has 0 aromatic rings. The van der Waals surface area contributed by atoms with Crippen molar-refractivity contribution in [2.75, 3.05) is 7.05 Å². The number of amides is 1. The molecule has 0 saturated heterocycles. The second-order valence-electron chi connectivity index (χ2n) is 2.61. The van der Waals surface area contributed by atoms with Crippen molar-refractivity contribution in [2.24, 2.45) is 0 Å². The number of carbonyl (C=O) groups is 1. The molecule has 0 heterocycles. The maximum absolute atomic E-state index is 10.5. The second-order valence-corrected chi connectivity index (χ2v) is 2.61. The summed E-state index contributed by atoms with van der Waals surface area (Å²) in [6, 6.07) is 0. The first-order chi connectivity index (χ1) is 5.56. The van der Waals surface area contributed by atoms with Crippen LogP contribution in [-0.4, -0.2) is 30.5 Å². The highest BCUT2D eigenvalue weighted by molar-refractivity contribution is 5.65. The quantitative estimate of drug-likeness (QED) is 0.482. The summed E-state index contributed by atoms with van der Waals surface area (Å²) >= 11 is 0. The lowest BCUT2D eigenvalue weighted by molar-refractivity contribution is -0.272. The molecule has 0 rings (SSSR count). The molecule has 0 aromatic heterocycles. The molecule has 0 aliphatic rings. The van der Waals surface area contributed by atoms with Gasteiger partial charge in [0.1, 0.15) is 6.10 Å². The van der Waals surface area contributed by atoms with Gasteiger partial charge in [0, 0.05) is 13.5 Å². The highest BCUT2D eigenvalue weighted by atomic mass is 17.2. The summed E-state index contributed by atoms with van der Waals surface area (Å²) in [5, 5.41) is 11.1. The van der Waals surface area contributed by atoms with E-state index in [1.54, 1.807) is 13.8 Å². The van der Waals surface area contributed by atoms with Gasteiger partial charge >= 0.3 is 6.09 Å². The zero-order valence-corrected chi connectivity index (χ0v) is 7.53. The molecule has 1 amide bonds. The molecule has 2 atom stereocenters. The molecule has 0 aromatic carbocycles. The lowest BCUT2D eigenvalue weighted by atomic mass is 10.2. The Bertz CT molecular complexity index is 137. The minimum atomic E-state index is -0.646. The predicted molar refractivity (Wildman–Crippen MR) is 42.4 cm³/mol. The monoisotopic (exact) mass is 177 g/mol. The summed E-state index contributed by atoms with van der Waals surface area (Å²) in [5.41, 5.74) is 0. The largest absolute Gasteiger partial charge is 0.438 e. The van der Waals surface area contributed by atoms with Crippen LogP contribution in [0.25, 0.3) is 0 Å². The Morgan fingerprint density at radius 2 is 2.17 bits per heavy atom. The van der Waals surface area contributed by atoms with Gasteiger partial charge in [-0.15, -0.1) is 0 Å². The molecule has 12 heavy (non-hydrogen) atoms. The average molecular weight is 177 g/mol. The molecule has 0 spiro atoms. The van der Waals surface area contributed by atoms with Crippen LogP contribution in [0.5, 0.6) is 0 Å². The van der Waals surface area contributed by atoms with Gasteiger partial charge in [0.05, 0.1) is 6.10 Å². The van der Waals surface area contributed by atoms with E-state index in [4.69, 9.17) is 5.11 Å². The minimum Gasteiger partial charge on any atom is -0.393 e. The van der Waals surface area contributed by atoms with Crippen molar-refractivity contribution in [3.8, 4) is 0 Å². The fourth-order valence-corrected chi connectivity index (χ4v) is 0.687. The second kappa shape index (κ2) is 5.79. The molecule has 2 N–H and O–H groups in total. The number of aliphatic hydroxyl groups is 1. The van der Waals surface area contributed by atoms with Crippen LogP contribution >= 0.6 is 0 Å². The van der Waals surface area contributed by atoms with Gasteiger partial charge in [-0.05, 0) is 13.8 Å². The molecule has 0 aliphatic carbocycles. The van der Waals surface area contributed by atoms with Gasteiger partial charge in [-0.25, -0.2) is 4.79 Å². The molecular weight excluding hydrogens is 162 g/mol. The van der Waals surface area contributed by atoms with Crippen LogP contribution in [0.2, 0.25) is 0 Å². The van der Waals surface area contributed by atoms with Crippen LogP contribution in [-0.2, 0) is 9.78 Å². The van der Waals surface area contributed by atoms with E-state index < -0.39 is 12.2 Å². The zero-order chi connectivity index (χ0) is 9.56. The molecule has 5 nitrogen and oxygen atoms in total. The van der Waals surface area contributed by atoms with Crippen LogP contribution < -0.4 is 5.32 Å². The van der Waals surface area contributed by atoms with Gasteiger partial charge < -0.3 is 10.4 Å². The van der Waals surface area contributed by atoms with Gasteiger partial charge in [-0.3, -0.25) is 4.89 Å². The van der Waals surface area contributed by atoms with Crippen molar-refractivity contribution < 1.29 is 19.7 Å². The van der Waals surface area contributed by atoms with Crippen molar-refractivity contribution >= 4 is 6.09 Å². The number of nitrogens with one attached hydrogen (secondary N) is 1. The Balaban J connectivity index is 3.43. The molecule has 5 heteroatoms. The first kappa shape index (κ1) is 11.2. The van der Waals surface area contributed by atoms with Crippen molar-refractivity contribution in [3.63, 3.8) is 0 Å². The summed E-state index contributed by atoms with van der Waals surface area (Å²) in [4.78, 5) is 19.4. The normalized spacial score (nSPS) is 15.0. The van der Waals surface area contributed by atoms with Crippen molar-refractivity contribution in [3.05, 3.63) is 0 Å². The molecule has 0 radical (unpaired) electrons. The standard InChI is InChI=1S/C7H15NO4/c1-5(9)4-6(2)11-12-7(10)8-3/h5-6,9H,4H2,1-3H3,(H,8,10). The van der Waals surface area contributed by atoms with Gasteiger partial charge in [0.25, 0.3) is 0 Å². The Morgan fingerprint density at radius 3 is 2.58 bits per heavy atom.